The molecular formula is C23H18ClF3N4O2. The number of aliphatic imine (C=N–C) groups is 1. The minimum atomic E-state index is -4.47. The fourth-order valence-corrected chi connectivity index (χ4v) is 3.52. The smallest absolute Gasteiger partial charge is 0.416 e. The maximum absolute atomic E-state index is 13.1. The minimum absolute atomic E-state index is 0.149. The number of halogens is 4. The van der Waals surface area contributed by atoms with E-state index >= 15 is 0 Å². The van der Waals surface area contributed by atoms with Crippen LogP contribution in [0.5, 0.6) is 11.5 Å². The van der Waals surface area contributed by atoms with Crippen molar-refractivity contribution in [1.82, 2.24) is 5.32 Å². The molecule has 1 atom stereocenters. The highest BCUT2D eigenvalue weighted by atomic mass is 35.5. The first-order chi connectivity index (χ1) is 15.7. The minimum Gasteiger partial charge on any atom is -0.457 e. The number of rotatable bonds is 4. The molecule has 1 aliphatic rings. The van der Waals surface area contributed by atoms with Crippen LogP contribution in [0.15, 0.2) is 77.8 Å². The standard InChI is InChI=1S/C23H18ClF3N4O2/c24-16-4-8-18(9-5-16)33-19-10-6-17(7-11-19)31-13-20(29-22(31)30-21(28)32)14-2-1-3-15(12-14)23(25,26)27/h1-12,20H,13H2,(H3,28,29,30,32)/t20-/m1/s1. The van der Waals surface area contributed by atoms with Crippen molar-refractivity contribution in [2.24, 2.45) is 10.7 Å². The Balaban J connectivity index is 1.56. The molecule has 2 amide bonds. The van der Waals surface area contributed by atoms with Gasteiger partial charge in [-0.15, -0.1) is 0 Å². The van der Waals surface area contributed by atoms with Gasteiger partial charge < -0.3 is 15.4 Å². The topological polar surface area (TPSA) is 80.0 Å². The summed E-state index contributed by atoms with van der Waals surface area (Å²) in [6, 6.07) is 17.3. The zero-order valence-electron chi connectivity index (χ0n) is 17.0. The highest BCUT2D eigenvalue weighted by Crippen LogP contribution is 2.34. The van der Waals surface area contributed by atoms with Crippen LogP contribution in [0.2, 0.25) is 5.02 Å². The highest BCUT2D eigenvalue weighted by Gasteiger charge is 2.33. The Kier molecular flexibility index (Phi) is 6.15. The number of nitrogens with two attached hydrogens (primary N) is 1. The molecule has 3 aromatic carbocycles. The third kappa shape index (κ3) is 5.38. The van der Waals surface area contributed by atoms with Crippen molar-refractivity contribution in [3.8, 4) is 11.5 Å². The van der Waals surface area contributed by atoms with Gasteiger partial charge in [-0.2, -0.15) is 13.2 Å². The van der Waals surface area contributed by atoms with E-state index in [1.54, 1.807) is 59.5 Å². The average molecular weight is 475 g/mol. The molecule has 0 fully saturated rings. The van der Waals surface area contributed by atoms with E-state index in [9.17, 15) is 18.0 Å². The number of carbonyl (C=O) groups excluding carboxylic acids is 1. The largest absolute Gasteiger partial charge is 0.457 e. The highest BCUT2D eigenvalue weighted by molar-refractivity contribution is 6.30. The van der Waals surface area contributed by atoms with Gasteiger partial charge in [-0.3, -0.25) is 5.32 Å². The van der Waals surface area contributed by atoms with E-state index in [1.807, 2.05) is 0 Å². The fourth-order valence-electron chi connectivity index (χ4n) is 3.39. The summed E-state index contributed by atoms with van der Waals surface area (Å²) in [7, 11) is 0. The number of urea groups is 1. The van der Waals surface area contributed by atoms with Gasteiger partial charge >= 0.3 is 12.2 Å². The zero-order valence-corrected chi connectivity index (χ0v) is 17.8. The number of amides is 2. The van der Waals surface area contributed by atoms with Gasteiger partial charge in [0.15, 0.2) is 0 Å². The molecule has 0 bridgehead atoms. The van der Waals surface area contributed by atoms with Crippen LogP contribution < -0.4 is 20.7 Å². The van der Waals surface area contributed by atoms with Crippen LogP contribution in [-0.2, 0) is 6.18 Å². The molecule has 1 aliphatic heterocycles. The summed E-state index contributed by atoms with van der Waals surface area (Å²) in [4.78, 5) is 17.5. The van der Waals surface area contributed by atoms with Gasteiger partial charge in [0.1, 0.15) is 11.5 Å². The number of benzene rings is 3. The zero-order chi connectivity index (χ0) is 23.6. The second kappa shape index (κ2) is 9.03. The van der Waals surface area contributed by atoms with E-state index in [2.05, 4.69) is 10.3 Å². The third-order valence-electron chi connectivity index (χ3n) is 4.92. The van der Waals surface area contributed by atoms with E-state index in [-0.39, 0.29) is 12.5 Å². The van der Waals surface area contributed by atoms with E-state index in [0.29, 0.717) is 27.8 Å². The number of alkyl halides is 3. The normalized spacial score (nSPS) is 15.8. The molecule has 10 heteroatoms. The Morgan fingerprint density at radius 3 is 2.30 bits per heavy atom. The molecule has 0 saturated heterocycles. The van der Waals surface area contributed by atoms with Crippen LogP contribution >= 0.6 is 11.6 Å². The molecule has 3 N–H and O–H groups in total. The van der Waals surface area contributed by atoms with Crippen molar-refractivity contribution < 1.29 is 22.7 Å². The summed E-state index contributed by atoms with van der Waals surface area (Å²) in [5, 5.41) is 3.04. The molecule has 33 heavy (non-hydrogen) atoms. The molecule has 0 unspecified atom stereocenters. The van der Waals surface area contributed by atoms with Crippen molar-refractivity contribution in [1.29, 1.82) is 0 Å². The number of carbonyl (C=O) groups is 1. The Labute approximate surface area is 192 Å². The van der Waals surface area contributed by atoms with Crippen molar-refractivity contribution in [3.63, 3.8) is 0 Å². The van der Waals surface area contributed by atoms with E-state index in [4.69, 9.17) is 22.1 Å². The van der Waals surface area contributed by atoms with Crippen molar-refractivity contribution in [2.45, 2.75) is 12.2 Å². The van der Waals surface area contributed by atoms with Crippen LogP contribution in [0, 0.1) is 0 Å². The maximum atomic E-state index is 13.1. The SMILES string of the molecule is NC(=O)NC1=N[C@@H](c2cccc(C(F)(F)F)c2)CN1c1ccc(Oc2ccc(Cl)cc2)cc1. The van der Waals surface area contributed by atoms with Crippen molar-refractivity contribution >= 4 is 29.3 Å². The molecule has 6 nitrogen and oxygen atoms in total. The summed E-state index contributed by atoms with van der Waals surface area (Å²) in [6.45, 7) is 0.217. The first-order valence-corrected chi connectivity index (χ1v) is 10.2. The Morgan fingerprint density at radius 2 is 1.70 bits per heavy atom. The molecule has 4 rings (SSSR count). The molecule has 0 saturated carbocycles. The molecular weight excluding hydrogens is 457 g/mol. The molecule has 0 aromatic heterocycles. The van der Waals surface area contributed by atoms with Gasteiger partial charge in [0.2, 0.25) is 5.96 Å². The fraction of sp³-hybridized carbons (Fsp3) is 0.130. The van der Waals surface area contributed by atoms with E-state index in [1.165, 1.54) is 6.07 Å². The predicted molar refractivity (Wildman–Crippen MR) is 120 cm³/mol. The van der Waals surface area contributed by atoms with Gasteiger partial charge in [0.05, 0.1) is 18.2 Å². The molecule has 0 radical (unpaired) electrons. The molecule has 170 valence electrons. The summed E-state index contributed by atoms with van der Waals surface area (Å²) in [5.74, 6) is 1.32. The molecule has 3 aromatic rings. The summed E-state index contributed by atoms with van der Waals surface area (Å²) in [5.41, 5.74) is 5.53. The van der Waals surface area contributed by atoms with Crippen LogP contribution in [0.3, 0.4) is 0 Å². The lowest BCUT2D eigenvalue weighted by Gasteiger charge is -2.21. The van der Waals surface area contributed by atoms with Gasteiger partial charge in [0, 0.05) is 10.7 Å². The number of nitrogens with one attached hydrogen (secondary N) is 1. The molecule has 0 aliphatic carbocycles. The number of guanidine groups is 1. The monoisotopic (exact) mass is 474 g/mol. The predicted octanol–water partition coefficient (Wildman–Crippen LogP) is 5.74. The quantitative estimate of drug-likeness (QED) is 0.506. The Hall–Kier alpha value is -3.72. The molecule has 1 heterocycles. The number of nitrogens with zero attached hydrogens (tertiary/aromatic N) is 2. The first kappa shape index (κ1) is 22.5. The number of anilines is 1. The number of ether oxygens (including phenoxy) is 1. The third-order valence-corrected chi connectivity index (χ3v) is 5.17. The Bertz CT molecular complexity index is 1180. The number of primary amides is 1. The second-order valence-corrected chi connectivity index (χ2v) is 7.68. The van der Waals surface area contributed by atoms with Crippen molar-refractivity contribution in [2.75, 3.05) is 11.4 Å². The lowest BCUT2D eigenvalue weighted by Crippen LogP contribution is -2.44. The van der Waals surface area contributed by atoms with E-state index < -0.39 is 23.8 Å². The number of hydrogen-bond donors (Lipinski definition) is 2. The summed E-state index contributed by atoms with van der Waals surface area (Å²) >= 11 is 5.88. The van der Waals surface area contributed by atoms with Crippen molar-refractivity contribution in [3.05, 3.63) is 88.9 Å². The lowest BCUT2D eigenvalue weighted by molar-refractivity contribution is -0.137. The van der Waals surface area contributed by atoms with Crippen LogP contribution in [0.4, 0.5) is 23.7 Å². The van der Waals surface area contributed by atoms with Crippen LogP contribution in [0.1, 0.15) is 17.2 Å². The van der Waals surface area contributed by atoms with Gasteiger partial charge in [-0.25, -0.2) is 9.79 Å². The molecule has 0 spiro atoms. The lowest BCUT2D eigenvalue weighted by atomic mass is 10.0. The summed E-state index contributed by atoms with van der Waals surface area (Å²) < 4.78 is 45.1. The second-order valence-electron chi connectivity index (χ2n) is 7.24. The first-order valence-electron chi connectivity index (χ1n) is 9.81. The Morgan fingerprint density at radius 1 is 1.06 bits per heavy atom. The van der Waals surface area contributed by atoms with Gasteiger partial charge in [-0.05, 0) is 66.2 Å². The maximum Gasteiger partial charge on any atom is 0.416 e. The van der Waals surface area contributed by atoms with E-state index in [0.717, 1.165) is 12.1 Å². The number of hydrogen-bond acceptors (Lipinski definition) is 4. The van der Waals surface area contributed by atoms with Crippen LogP contribution in [-0.4, -0.2) is 18.5 Å². The average Bonchev–Trinajstić information content (AvgIpc) is 3.18. The van der Waals surface area contributed by atoms with Gasteiger partial charge in [-0.1, -0.05) is 23.7 Å². The van der Waals surface area contributed by atoms with Gasteiger partial charge in [0.25, 0.3) is 0 Å². The summed E-state index contributed by atoms with van der Waals surface area (Å²) in [6.07, 6.45) is -4.47. The van der Waals surface area contributed by atoms with Crippen LogP contribution in [0.25, 0.3) is 0 Å².